The molecule has 0 aromatic carbocycles. The number of nitrogens with zero attached hydrogens (tertiary/aromatic N) is 1. The van der Waals surface area contributed by atoms with Crippen molar-refractivity contribution in [1.82, 2.24) is 10.2 Å². The smallest absolute Gasteiger partial charge is 0.328 e. The van der Waals surface area contributed by atoms with Gasteiger partial charge in [-0.25, -0.2) is 4.79 Å². The maximum absolute atomic E-state index is 11.9. The number of ether oxygens (including phenoxy) is 1. The second-order valence-electron chi connectivity index (χ2n) is 4.80. The van der Waals surface area contributed by atoms with Crippen LogP contribution in [0.2, 0.25) is 0 Å². The maximum atomic E-state index is 11.9. The van der Waals surface area contributed by atoms with Crippen LogP contribution in [0.25, 0.3) is 0 Å². The molecular weight excluding hydrogens is 268 g/mol. The maximum Gasteiger partial charge on any atom is 0.328 e. The van der Waals surface area contributed by atoms with Crippen LogP contribution in [0, 0.1) is 5.92 Å². The van der Waals surface area contributed by atoms with Gasteiger partial charge in [0.2, 0.25) is 11.8 Å². The minimum absolute atomic E-state index is 0.0433. The number of aliphatic carboxylic acids is 1. The summed E-state index contributed by atoms with van der Waals surface area (Å²) in [6.45, 7) is 2.30. The Balaban J connectivity index is 2.56. The third kappa shape index (κ3) is 4.17. The molecule has 0 saturated carbocycles. The number of carbonyl (C=O) groups excluding carboxylic acids is 2. The summed E-state index contributed by atoms with van der Waals surface area (Å²) < 4.78 is 4.87. The number of likely N-dealkylation sites (tertiary alicyclic amines) is 1. The van der Waals surface area contributed by atoms with E-state index in [1.165, 1.54) is 18.9 Å². The van der Waals surface area contributed by atoms with Crippen molar-refractivity contribution in [2.75, 3.05) is 26.8 Å². The normalized spacial score (nSPS) is 21.6. The lowest BCUT2D eigenvalue weighted by Gasteiger charge is -2.20. The second kappa shape index (κ2) is 7.20. The van der Waals surface area contributed by atoms with Crippen LogP contribution in [0.3, 0.4) is 0 Å². The molecule has 1 saturated heterocycles. The average Bonchev–Trinajstić information content (AvgIpc) is 2.73. The average molecular weight is 288 g/mol. The molecule has 3 N–H and O–H groups in total. The number of carboxylic acids is 1. The lowest BCUT2D eigenvalue weighted by atomic mass is 10.1. The summed E-state index contributed by atoms with van der Waals surface area (Å²) >= 11 is 0. The van der Waals surface area contributed by atoms with Crippen LogP contribution in [0.4, 0.5) is 0 Å². The van der Waals surface area contributed by atoms with Crippen molar-refractivity contribution >= 4 is 17.8 Å². The quantitative estimate of drug-likeness (QED) is 0.521. The van der Waals surface area contributed by atoms with Crippen molar-refractivity contribution in [3.63, 3.8) is 0 Å². The molecule has 8 nitrogen and oxygen atoms in total. The molecule has 3 unspecified atom stereocenters. The molecular formula is C12H20N2O6. The first-order valence-corrected chi connectivity index (χ1v) is 6.34. The van der Waals surface area contributed by atoms with E-state index in [0.717, 1.165) is 0 Å². The first-order valence-electron chi connectivity index (χ1n) is 6.34. The van der Waals surface area contributed by atoms with E-state index in [0.29, 0.717) is 13.2 Å². The molecule has 1 aliphatic heterocycles. The molecule has 114 valence electrons. The molecule has 0 spiro atoms. The van der Waals surface area contributed by atoms with E-state index in [2.05, 4.69) is 5.32 Å². The van der Waals surface area contributed by atoms with Crippen LogP contribution in [-0.2, 0) is 19.1 Å². The molecule has 0 aliphatic carbocycles. The number of hydrogen-bond donors (Lipinski definition) is 3. The zero-order valence-electron chi connectivity index (χ0n) is 11.5. The number of rotatable bonds is 7. The zero-order valence-corrected chi connectivity index (χ0v) is 11.5. The molecule has 2 amide bonds. The van der Waals surface area contributed by atoms with Gasteiger partial charge < -0.3 is 25.2 Å². The number of aliphatic hydroxyl groups is 1. The Morgan fingerprint density at radius 2 is 2.20 bits per heavy atom. The molecule has 1 rings (SSSR count). The predicted octanol–water partition coefficient (Wildman–Crippen LogP) is -1.57. The van der Waals surface area contributed by atoms with Crippen molar-refractivity contribution in [2.24, 2.45) is 5.92 Å². The Labute approximate surface area is 116 Å². The fourth-order valence-corrected chi connectivity index (χ4v) is 2.03. The largest absolute Gasteiger partial charge is 0.480 e. The number of nitrogens with one attached hydrogen (secondary N) is 1. The van der Waals surface area contributed by atoms with Crippen LogP contribution in [0.5, 0.6) is 0 Å². The van der Waals surface area contributed by atoms with Gasteiger partial charge in [0.25, 0.3) is 0 Å². The molecule has 0 radical (unpaired) electrons. The van der Waals surface area contributed by atoms with Crippen molar-refractivity contribution < 1.29 is 29.3 Å². The Morgan fingerprint density at radius 3 is 2.70 bits per heavy atom. The SMILES string of the molecule is COCCN1CC(C(=O)NC(C(=O)O)C(C)O)CC1=O. The van der Waals surface area contributed by atoms with Gasteiger partial charge in [-0.3, -0.25) is 9.59 Å². The van der Waals surface area contributed by atoms with Gasteiger partial charge in [0.1, 0.15) is 0 Å². The molecule has 0 bridgehead atoms. The first-order chi connectivity index (χ1) is 9.36. The van der Waals surface area contributed by atoms with E-state index in [1.807, 2.05) is 0 Å². The third-order valence-corrected chi connectivity index (χ3v) is 3.20. The number of amides is 2. The molecule has 8 heteroatoms. The van der Waals surface area contributed by atoms with E-state index in [1.54, 1.807) is 0 Å². The fourth-order valence-electron chi connectivity index (χ4n) is 2.03. The first kappa shape index (κ1) is 16.4. The lowest BCUT2D eigenvalue weighted by Crippen LogP contribution is -2.49. The Hall–Kier alpha value is -1.67. The summed E-state index contributed by atoms with van der Waals surface area (Å²) in [4.78, 5) is 36.0. The standard InChI is InChI=1S/C12H20N2O6/c1-7(15)10(12(18)19)13-11(17)8-5-9(16)14(6-8)3-4-20-2/h7-8,10,15H,3-6H2,1-2H3,(H,13,17)(H,18,19). The molecule has 0 aromatic heterocycles. The summed E-state index contributed by atoms with van der Waals surface area (Å²) in [5.41, 5.74) is 0. The van der Waals surface area contributed by atoms with E-state index in [9.17, 15) is 19.5 Å². The van der Waals surface area contributed by atoms with Gasteiger partial charge in [0.15, 0.2) is 6.04 Å². The van der Waals surface area contributed by atoms with E-state index in [-0.39, 0.29) is 18.9 Å². The highest BCUT2D eigenvalue weighted by Gasteiger charge is 2.36. The highest BCUT2D eigenvalue weighted by Crippen LogP contribution is 2.18. The van der Waals surface area contributed by atoms with Crippen molar-refractivity contribution in [3.05, 3.63) is 0 Å². The van der Waals surface area contributed by atoms with Gasteiger partial charge in [0.05, 0.1) is 18.6 Å². The molecule has 1 heterocycles. The molecule has 1 aliphatic rings. The highest BCUT2D eigenvalue weighted by atomic mass is 16.5. The van der Waals surface area contributed by atoms with Crippen molar-refractivity contribution in [2.45, 2.75) is 25.5 Å². The number of aliphatic hydroxyl groups excluding tert-OH is 1. The van der Waals surface area contributed by atoms with Crippen molar-refractivity contribution in [1.29, 1.82) is 0 Å². The lowest BCUT2D eigenvalue weighted by molar-refractivity contribution is -0.145. The van der Waals surface area contributed by atoms with Gasteiger partial charge in [-0.15, -0.1) is 0 Å². The number of carboxylic acid groups (broad SMARTS) is 1. The van der Waals surface area contributed by atoms with Gasteiger partial charge in [-0.05, 0) is 6.92 Å². The number of methoxy groups -OCH3 is 1. The summed E-state index contributed by atoms with van der Waals surface area (Å²) in [6.07, 6.45) is -1.17. The summed E-state index contributed by atoms with van der Waals surface area (Å²) in [5, 5.41) is 20.4. The van der Waals surface area contributed by atoms with E-state index >= 15 is 0 Å². The summed E-state index contributed by atoms with van der Waals surface area (Å²) in [7, 11) is 1.52. The monoisotopic (exact) mass is 288 g/mol. The predicted molar refractivity (Wildman–Crippen MR) is 67.8 cm³/mol. The third-order valence-electron chi connectivity index (χ3n) is 3.20. The molecule has 20 heavy (non-hydrogen) atoms. The van der Waals surface area contributed by atoms with Gasteiger partial charge in [-0.1, -0.05) is 0 Å². The Kier molecular flexibility index (Phi) is 5.90. The highest BCUT2D eigenvalue weighted by molar-refractivity contribution is 5.91. The zero-order chi connectivity index (χ0) is 15.3. The fraction of sp³-hybridized carbons (Fsp3) is 0.750. The second-order valence-corrected chi connectivity index (χ2v) is 4.80. The topological polar surface area (TPSA) is 116 Å². The Morgan fingerprint density at radius 1 is 1.55 bits per heavy atom. The number of carbonyl (C=O) groups is 3. The van der Waals surface area contributed by atoms with Gasteiger partial charge in [-0.2, -0.15) is 0 Å². The van der Waals surface area contributed by atoms with Crippen LogP contribution in [0.1, 0.15) is 13.3 Å². The van der Waals surface area contributed by atoms with E-state index in [4.69, 9.17) is 9.84 Å². The molecule has 0 aromatic rings. The minimum Gasteiger partial charge on any atom is -0.480 e. The van der Waals surface area contributed by atoms with Gasteiger partial charge >= 0.3 is 5.97 Å². The summed E-state index contributed by atoms with van der Waals surface area (Å²) in [6, 6.07) is -1.37. The van der Waals surface area contributed by atoms with Crippen LogP contribution < -0.4 is 5.32 Å². The van der Waals surface area contributed by atoms with Gasteiger partial charge in [0, 0.05) is 26.6 Å². The Bertz CT molecular complexity index is 384. The van der Waals surface area contributed by atoms with E-state index < -0.39 is 29.9 Å². The van der Waals surface area contributed by atoms with Crippen LogP contribution >= 0.6 is 0 Å². The molecule has 3 atom stereocenters. The minimum atomic E-state index is -1.37. The van der Waals surface area contributed by atoms with Crippen LogP contribution in [-0.4, -0.2) is 71.8 Å². The molecule has 1 fully saturated rings. The summed E-state index contributed by atoms with van der Waals surface area (Å²) in [5.74, 6) is -2.61. The van der Waals surface area contributed by atoms with Crippen molar-refractivity contribution in [3.8, 4) is 0 Å². The number of hydrogen-bond acceptors (Lipinski definition) is 5. The van der Waals surface area contributed by atoms with Crippen LogP contribution in [0.15, 0.2) is 0 Å².